The molecule has 0 atom stereocenters. The average molecular weight is 360 g/mol. The predicted molar refractivity (Wildman–Crippen MR) is 86.4 cm³/mol. The normalized spacial score (nSPS) is 13.2. The van der Waals surface area contributed by atoms with Gasteiger partial charge in [-0.05, 0) is 24.3 Å². The van der Waals surface area contributed by atoms with Crippen molar-refractivity contribution in [3.05, 3.63) is 35.7 Å². The number of ether oxygens (including phenoxy) is 2. The minimum Gasteiger partial charge on any atom is -0.489 e. The van der Waals surface area contributed by atoms with Crippen molar-refractivity contribution in [3.63, 3.8) is 0 Å². The van der Waals surface area contributed by atoms with Gasteiger partial charge >= 0.3 is 6.09 Å². The molecule has 0 radical (unpaired) electrons. The lowest BCUT2D eigenvalue weighted by atomic mass is 9.92. The fourth-order valence-electron chi connectivity index (χ4n) is 1.75. The molecule has 0 fully saturated rings. The van der Waals surface area contributed by atoms with Crippen LogP contribution in [0.25, 0.3) is 0 Å². The Bertz CT molecular complexity index is 721. The van der Waals surface area contributed by atoms with Crippen LogP contribution >= 0.6 is 0 Å². The lowest BCUT2D eigenvalue weighted by molar-refractivity contribution is 0.160. The van der Waals surface area contributed by atoms with E-state index in [0.717, 1.165) is 0 Å². The van der Waals surface area contributed by atoms with Crippen LogP contribution in [0.15, 0.2) is 40.6 Å². The van der Waals surface area contributed by atoms with E-state index in [2.05, 4.69) is 4.74 Å². The van der Waals surface area contributed by atoms with E-state index in [1.807, 2.05) is 0 Å². The molecule has 0 aliphatic rings. The SMILES string of the molecule is CC(C)(C)C(F)=C(COC(N)=O)COc1ccc(S(N)(=O)=O)cc1. The first-order valence-electron chi connectivity index (χ1n) is 6.97. The predicted octanol–water partition coefficient (Wildman–Crippen LogP) is 2.08. The molecule has 0 saturated heterocycles. The van der Waals surface area contributed by atoms with E-state index in [4.69, 9.17) is 15.6 Å². The molecule has 24 heavy (non-hydrogen) atoms. The van der Waals surface area contributed by atoms with Gasteiger partial charge in [0, 0.05) is 11.0 Å². The first-order valence-corrected chi connectivity index (χ1v) is 8.52. The monoisotopic (exact) mass is 360 g/mol. The van der Waals surface area contributed by atoms with Crippen LogP contribution in [0.2, 0.25) is 0 Å². The molecule has 9 heteroatoms. The number of primary sulfonamides is 1. The number of carbonyl (C=O) groups is 1. The zero-order chi connectivity index (χ0) is 18.5. The Morgan fingerprint density at radius 2 is 1.71 bits per heavy atom. The summed E-state index contributed by atoms with van der Waals surface area (Å²) < 4.78 is 46.8. The molecule has 1 rings (SSSR count). The van der Waals surface area contributed by atoms with Crippen molar-refractivity contribution in [3.8, 4) is 5.75 Å². The molecule has 0 aromatic heterocycles. The van der Waals surface area contributed by atoms with Crippen molar-refractivity contribution in [2.24, 2.45) is 16.3 Å². The summed E-state index contributed by atoms with van der Waals surface area (Å²) in [6.45, 7) is 4.45. The van der Waals surface area contributed by atoms with Crippen molar-refractivity contribution < 1.29 is 27.1 Å². The molecule has 134 valence electrons. The number of allylic oxidation sites excluding steroid dienone is 1. The molecule has 0 unspecified atom stereocenters. The quantitative estimate of drug-likeness (QED) is 0.804. The number of rotatable bonds is 6. The number of carbonyl (C=O) groups excluding carboxylic acids is 1. The molecule has 1 aromatic rings. The Kier molecular flexibility index (Phi) is 6.33. The van der Waals surface area contributed by atoms with Gasteiger partial charge < -0.3 is 15.2 Å². The fourth-order valence-corrected chi connectivity index (χ4v) is 2.27. The number of hydrogen-bond donors (Lipinski definition) is 2. The van der Waals surface area contributed by atoms with Gasteiger partial charge in [-0.2, -0.15) is 0 Å². The molecule has 0 bridgehead atoms. The van der Waals surface area contributed by atoms with Crippen LogP contribution in [0.4, 0.5) is 9.18 Å². The first-order chi connectivity index (χ1) is 10.9. The van der Waals surface area contributed by atoms with Gasteiger partial charge in [-0.1, -0.05) is 20.8 Å². The molecule has 4 N–H and O–H groups in total. The molecule has 0 saturated carbocycles. The van der Waals surface area contributed by atoms with E-state index < -0.39 is 27.4 Å². The lowest BCUT2D eigenvalue weighted by Gasteiger charge is -2.20. The number of primary amides is 1. The third-order valence-electron chi connectivity index (χ3n) is 2.92. The highest BCUT2D eigenvalue weighted by atomic mass is 32.2. The number of halogens is 1. The summed E-state index contributed by atoms with van der Waals surface area (Å²) in [6, 6.07) is 5.32. The highest BCUT2D eigenvalue weighted by Crippen LogP contribution is 2.29. The molecule has 0 aliphatic heterocycles. The molecular formula is C15H21FN2O5S. The Hall–Kier alpha value is -2.13. The van der Waals surface area contributed by atoms with E-state index in [1.165, 1.54) is 24.3 Å². The summed E-state index contributed by atoms with van der Waals surface area (Å²) in [5, 5.41) is 5.00. The van der Waals surface area contributed by atoms with Gasteiger partial charge in [-0.25, -0.2) is 22.7 Å². The van der Waals surface area contributed by atoms with E-state index in [9.17, 15) is 17.6 Å². The maximum Gasteiger partial charge on any atom is 0.404 e. The molecule has 0 aliphatic carbocycles. The van der Waals surface area contributed by atoms with Crippen LogP contribution < -0.4 is 15.6 Å². The third kappa shape index (κ3) is 6.17. The number of amides is 1. The van der Waals surface area contributed by atoms with Gasteiger partial charge in [-0.15, -0.1) is 0 Å². The molecule has 1 aromatic carbocycles. The second kappa shape index (κ2) is 7.63. The molecule has 0 spiro atoms. The van der Waals surface area contributed by atoms with Crippen LogP contribution in [-0.4, -0.2) is 27.7 Å². The van der Waals surface area contributed by atoms with Gasteiger partial charge in [0.25, 0.3) is 0 Å². The largest absolute Gasteiger partial charge is 0.489 e. The summed E-state index contributed by atoms with van der Waals surface area (Å²) in [5.74, 6) is -0.175. The molecular weight excluding hydrogens is 339 g/mol. The number of sulfonamides is 1. The van der Waals surface area contributed by atoms with E-state index >= 15 is 0 Å². The number of hydrogen-bond acceptors (Lipinski definition) is 5. The van der Waals surface area contributed by atoms with Crippen LogP contribution in [0.5, 0.6) is 5.75 Å². The van der Waals surface area contributed by atoms with Crippen molar-refractivity contribution in [2.75, 3.05) is 13.2 Å². The van der Waals surface area contributed by atoms with Crippen molar-refractivity contribution in [1.82, 2.24) is 0 Å². The Morgan fingerprint density at radius 3 is 2.12 bits per heavy atom. The lowest BCUT2D eigenvalue weighted by Crippen LogP contribution is -2.20. The third-order valence-corrected chi connectivity index (χ3v) is 3.85. The standard InChI is InChI=1S/C15H21FN2O5S/c1-15(2,3)13(16)10(9-23-14(17)19)8-22-11-4-6-12(7-5-11)24(18,20)21/h4-7H,8-9H2,1-3H3,(H2,17,19)(H2,18,20,21). The summed E-state index contributed by atoms with van der Waals surface area (Å²) in [4.78, 5) is 10.7. The van der Waals surface area contributed by atoms with Gasteiger partial charge in [0.1, 0.15) is 24.8 Å². The Morgan fingerprint density at radius 1 is 1.17 bits per heavy atom. The van der Waals surface area contributed by atoms with Crippen molar-refractivity contribution in [1.29, 1.82) is 0 Å². The maximum atomic E-state index is 14.4. The van der Waals surface area contributed by atoms with Crippen LogP contribution in [-0.2, 0) is 14.8 Å². The highest BCUT2D eigenvalue weighted by Gasteiger charge is 2.22. The zero-order valence-corrected chi connectivity index (χ0v) is 14.5. The maximum absolute atomic E-state index is 14.4. The Labute approximate surface area is 140 Å². The summed E-state index contributed by atoms with van der Waals surface area (Å²) in [6.07, 6.45) is -1.02. The Balaban J connectivity index is 2.90. The van der Waals surface area contributed by atoms with Gasteiger partial charge in [0.05, 0.1) is 4.90 Å². The topological polar surface area (TPSA) is 122 Å². The first kappa shape index (κ1) is 19.9. The zero-order valence-electron chi connectivity index (χ0n) is 13.7. The van der Waals surface area contributed by atoms with Gasteiger partial charge in [0.15, 0.2) is 0 Å². The highest BCUT2D eigenvalue weighted by molar-refractivity contribution is 7.89. The van der Waals surface area contributed by atoms with E-state index in [-0.39, 0.29) is 23.7 Å². The summed E-state index contributed by atoms with van der Waals surface area (Å²) in [7, 11) is -3.80. The summed E-state index contributed by atoms with van der Waals surface area (Å²) in [5.41, 5.74) is 4.23. The molecule has 7 nitrogen and oxygen atoms in total. The molecule has 1 amide bonds. The number of benzene rings is 1. The van der Waals surface area contributed by atoms with Crippen molar-refractivity contribution >= 4 is 16.1 Å². The minimum atomic E-state index is -3.80. The van der Waals surface area contributed by atoms with E-state index in [0.29, 0.717) is 5.75 Å². The van der Waals surface area contributed by atoms with Gasteiger partial charge in [-0.3, -0.25) is 0 Å². The minimum absolute atomic E-state index is 0.0662. The average Bonchev–Trinajstić information content (AvgIpc) is 2.45. The van der Waals surface area contributed by atoms with Crippen LogP contribution in [0, 0.1) is 5.41 Å². The van der Waals surface area contributed by atoms with E-state index in [1.54, 1.807) is 20.8 Å². The fraction of sp³-hybridized carbons (Fsp3) is 0.400. The summed E-state index contributed by atoms with van der Waals surface area (Å²) >= 11 is 0. The van der Waals surface area contributed by atoms with Gasteiger partial charge in [0.2, 0.25) is 10.0 Å². The second-order valence-electron chi connectivity index (χ2n) is 6.08. The molecule has 0 heterocycles. The van der Waals surface area contributed by atoms with Crippen molar-refractivity contribution in [2.45, 2.75) is 25.7 Å². The van der Waals surface area contributed by atoms with Crippen LogP contribution in [0.3, 0.4) is 0 Å². The smallest absolute Gasteiger partial charge is 0.404 e. The number of nitrogens with two attached hydrogens (primary N) is 2. The van der Waals surface area contributed by atoms with Crippen LogP contribution in [0.1, 0.15) is 20.8 Å². The second-order valence-corrected chi connectivity index (χ2v) is 7.64.